The highest BCUT2D eigenvalue weighted by Crippen LogP contribution is 2.20. The number of anilines is 3. The van der Waals surface area contributed by atoms with Crippen LogP contribution in [0.15, 0.2) is 72.9 Å². The van der Waals surface area contributed by atoms with Gasteiger partial charge >= 0.3 is 0 Å². The van der Waals surface area contributed by atoms with Crippen LogP contribution in [0.4, 0.5) is 17.2 Å². The van der Waals surface area contributed by atoms with E-state index in [9.17, 15) is 4.79 Å². The van der Waals surface area contributed by atoms with Crippen molar-refractivity contribution in [2.45, 2.75) is 13.3 Å². The first-order valence-corrected chi connectivity index (χ1v) is 10.7. The molecule has 1 aliphatic rings. The first kappa shape index (κ1) is 20.7. The average molecular weight is 417 g/mol. The van der Waals surface area contributed by atoms with Gasteiger partial charge in [0, 0.05) is 31.9 Å². The Morgan fingerprint density at radius 3 is 2.29 bits per heavy atom. The number of rotatable bonds is 7. The predicted molar refractivity (Wildman–Crippen MR) is 125 cm³/mol. The monoisotopic (exact) mass is 416 g/mol. The fourth-order valence-electron chi connectivity index (χ4n) is 3.65. The standard InChI is InChI=1S/C25H28N4O2/c1-2-20-8-11-23(12-9-20)31-19-25(30)27-21-10-13-24(26-18-21)29-16-14-28(15-17-29)22-6-4-3-5-7-22/h3-13,18H,2,14-17,19H2,1H3,(H,27,30). The molecule has 2 heterocycles. The zero-order valence-corrected chi connectivity index (χ0v) is 17.8. The minimum Gasteiger partial charge on any atom is -0.484 e. The molecule has 1 aliphatic heterocycles. The van der Waals surface area contributed by atoms with Gasteiger partial charge in [0.05, 0.1) is 11.9 Å². The maximum Gasteiger partial charge on any atom is 0.262 e. The number of amides is 1. The molecule has 1 saturated heterocycles. The van der Waals surface area contributed by atoms with Gasteiger partial charge in [0.2, 0.25) is 0 Å². The Kier molecular flexibility index (Phi) is 6.67. The highest BCUT2D eigenvalue weighted by Gasteiger charge is 2.18. The van der Waals surface area contributed by atoms with Crippen molar-refractivity contribution in [3.05, 3.63) is 78.5 Å². The van der Waals surface area contributed by atoms with Gasteiger partial charge in [-0.3, -0.25) is 4.79 Å². The molecule has 6 nitrogen and oxygen atoms in total. The lowest BCUT2D eigenvalue weighted by molar-refractivity contribution is -0.118. The third-order valence-corrected chi connectivity index (χ3v) is 5.46. The van der Waals surface area contributed by atoms with E-state index in [2.05, 4.69) is 51.3 Å². The summed E-state index contributed by atoms with van der Waals surface area (Å²) >= 11 is 0. The Bertz CT molecular complexity index is 967. The number of pyridine rings is 1. The van der Waals surface area contributed by atoms with E-state index in [1.807, 2.05) is 42.5 Å². The molecule has 6 heteroatoms. The number of piperazine rings is 1. The maximum absolute atomic E-state index is 12.2. The summed E-state index contributed by atoms with van der Waals surface area (Å²) in [5.41, 5.74) is 3.17. The third kappa shape index (κ3) is 5.54. The second kappa shape index (κ2) is 9.98. The molecule has 3 aromatic rings. The first-order valence-electron chi connectivity index (χ1n) is 10.7. The van der Waals surface area contributed by atoms with Gasteiger partial charge in [0.15, 0.2) is 6.61 Å². The zero-order valence-electron chi connectivity index (χ0n) is 17.8. The van der Waals surface area contributed by atoms with E-state index in [0.717, 1.165) is 38.4 Å². The van der Waals surface area contributed by atoms with Crippen LogP contribution < -0.4 is 19.9 Å². The van der Waals surface area contributed by atoms with Gasteiger partial charge in [-0.05, 0) is 48.4 Å². The van der Waals surface area contributed by atoms with Gasteiger partial charge in [0.1, 0.15) is 11.6 Å². The van der Waals surface area contributed by atoms with E-state index in [0.29, 0.717) is 11.4 Å². The number of benzene rings is 2. The Morgan fingerprint density at radius 2 is 1.65 bits per heavy atom. The summed E-state index contributed by atoms with van der Waals surface area (Å²) in [6.07, 6.45) is 2.68. The van der Waals surface area contributed by atoms with Crippen LogP contribution in [0.1, 0.15) is 12.5 Å². The molecule has 1 amide bonds. The molecule has 1 aromatic heterocycles. The van der Waals surface area contributed by atoms with Crippen molar-refractivity contribution in [2.24, 2.45) is 0 Å². The van der Waals surface area contributed by atoms with E-state index in [1.54, 1.807) is 6.20 Å². The molecule has 4 rings (SSSR count). The number of carbonyl (C=O) groups is 1. The van der Waals surface area contributed by atoms with Crippen LogP contribution in [0.3, 0.4) is 0 Å². The topological polar surface area (TPSA) is 57.7 Å². The van der Waals surface area contributed by atoms with Crippen molar-refractivity contribution in [3.8, 4) is 5.75 Å². The third-order valence-electron chi connectivity index (χ3n) is 5.46. The van der Waals surface area contributed by atoms with Crippen molar-refractivity contribution in [1.82, 2.24) is 4.98 Å². The van der Waals surface area contributed by atoms with Crippen LogP contribution >= 0.6 is 0 Å². The number of aromatic nitrogens is 1. The van der Waals surface area contributed by atoms with Gasteiger partial charge in [-0.25, -0.2) is 4.98 Å². The molecule has 0 atom stereocenters. The number of hydrogen-bond donors (Lipinski definition) is 1. The summed E-state index contributed by atoms with van der Waals surface area (Å²) in [7, 11) is 0. The van der Waals surface area contributed by atoms with Crippen molar-refractivity contribution < 1.29 is 9.53 Å². The van der Waals surface area contributed by atoms with Crippen LogP contribution in [0, 0.1) is 0 Å². The minimum absolute atomic E-state index is 0.0331. The Balaban J connectivity index is 1.25. The average Bonchev–Trinajstić information content (AvgIpc) is 2.84. The smallest absolute Gasteiger partial charge is 0.262 e. The molecule has 160 valence electrons. The fraction of sp³-hybridized carbons (Fsp3) is 0.280. The fourth-order valence-corrected chi connectivity index (χ4v) is 3.65. The van der Waals surface area contributed by atoms with E-state index in [1.165, 1.54) is 11.3 Å². The van der Waals surface area contributed by atoms with E-state index in [-0.39, 0.29) is 12.5 Å². The summed E-state index contributed by atoms with van der Waals surface area (Å²) in [6.45, 7) is 5.82. The van der Waals surface area contributed by atoms with E-state index in [4.69, 9.17) is 4.74 Å². The number of nitrogens with one attached hydrogen (secondary N) is 1. The van der Waals surface area contributed by atoms with Crippen LogP contribution in [0.25, 0.3) is 0 Å². The predicted octanol–water partition coefficient (Wildman–Crippen LogP) is 3.99. The van der Waals surface area contributed by atoms with Crippen molar-refractivity contribution in [3.63, 3.8) is 0 Å². The molecule has 0 spiro atoms. The van der Waals surface area contributed by atoms with Crippen molar-refractivity contribution >= 4 is 23.1 Å². The molecular weight excluding hydrogens is 388 g/mol. The SMILES string of the molecule is CCc1ccc(OCC(=O)Nc2ccc(N3CCN(c4ccccc4)CC3)nc2)cc1. The highest BCUT2D eigenvalue weighted by molar-refractivity contribution is 5.91. The lowest BCUT2D eigenvalue weighted by Crippen LogP contribution is -2.46. The Hall–Kier alpha value is -3.54. The quantitative estimate of drug-likeness (QED) is 0.631. The molecule has 0 unspecified atom stereocenters. The lowest BCUT2D eigenvalue weighted by Gasteiger charge is -2.36. The number of carbonyl (C=O) groups excluding carboxylic acids is 1. The Labute approximate surface area is 183 Å². The summed E-state index contributed by atoms with van der Waals surface area (Å²) in [5, 5.41) is 2.84. The molecule has 0 bridgehead atoms. The summed E-state index contributed by atoms with van der Waals surface area (Å²) in [5.74, 6) is 1.42. The summed E-state index contributed by atoms with van der Waals surface area (Å²) < 4.78 is 5.56. The second-order valence-corrected chi connectivity index (χ2v) is 7.55. The minimum atomic E-state index is -0.203. The van der Waals surface area contributed by atoms with Crippen LogP contribution in [-0.4, -0.2) is 43.7 Å². The number of para-hydroxylation sites is 1. The van der Waals surface area contributed by atoms with Gasteiger partial charge < -0.3 is 19.9 Å². The summed E-state index contributed by atoms with van der Waals surface area (Å²) in [4.78, 5) is 21.4. The van der Waals surface area contributed by atoms with Gasteiger partial charge in [-0.1, -0.05) is 37.3 Å². The number of aryl methyl sites for hydroxylation is 1. The molecule has 0 radical (unpaired) electrons. The second-order valence-electron chi connectivity index (χ2n) is 7.55. The molecular formula is C25H28N4O2. The number of hydrogen-bond acceptors (Lipinski definition) is 5. The van der Waals surface area contributed by atoms with Gasteiger partial charge in [0.25, 0.3) is 5.91 Å². The van der Waals surface area contributed by atoms with E-state index >= 15 is 0 Å². The van der Waals surface area contributed by atoms with Crippen molar-refractivity contribution in [2.75, 3.05) is 47.9 Å². The van der Waals surface area contributed by atoms with Crippen LogP contribution in [0.2, 0.25) is 0 Å². The van der Waals surface area contributed by atoms with Crippen LogP contribution in [-0.2, 0) is 11.2 Å². The van der Waals surface area contributed by atoms with Gasteiger partial charge in [-0.15, -0.1) is 0 Å². The normalized spacial score (nSPS) is 13.7. The lowest BCUT2D eigenvalue weighted by atomic mass is 10.2. The van der Waals surface area contributed by atoms with E-state index < -0.39 is 0 Å². The maximum atomic E-state index is 12.2. The number of ether oxygens (including phenoxy) is 1. The van der Waals surface area contributed by atoms with Crippen molar-refractivity contribution in [1.29, 1.82) is 0 Å². The molecule has 2 aromatic carbocycles. The molecule has 31 heavy (non-hydrogen) atoms. The Morgan fingerprint density at radius 1 is 0.935 bits per heavy atom. The first-order chi connectivity index (χ1) is 15.2. The molecule has 0 aliphatic carbocycles. The molecule has 0 saturated carbocycles. The largest absolute Gasteiger partial charge is 0.484 e. The molecule has 1 fully saturated rings. The van der Waals surface area contributed by atoms with Crippen LogP contribution in [0.5, 0.6) is 5.75 Å². The highest BCUT2D eigenvalue weighted by atomic mass is 16.5. The summed E-state index contributed by atoms with van der Waals surface area (Å²) in [6, 6.07) is 22.1. The zero-order chi connectivity index (χ0) is 21.5. The van der Waals surface area contributed by atoms with Gasteiger partial charge in [-0.2, -0.15) is 0 Å². The number of nitrogens with zero attached hydrogens (tertiary/aromatic N) is 3. The molecule has 1 N–H and O–H groups in total.